The monoisotopic (exact) mass is 213 g/mol. The van der Waals surface area contributed by atoms with E-state index in [0.29, 0.717) is 12.5 Å². The summed E-state index contributed by atoms with van der Waals surface area (Å²) in [6, 6.07) is 0.196. The average Bonchev–Trinajstić information content (AvgIpc) is 2.17. The number of rotatable bonds is 4. The Morgan fingerprint density at radius 1 is 1.47 bits per heavy atom. The van der Waals surface area contributed by atoms with Gasteiger partial charge in [0.05, 0.1) is 12.5 Å². The molecule has 0 amide bonds. The van der Waals surface area contributed by atoms with Crippen LogP contribution in [0.5, 0.6) is 0 Å². The molecule has 1 aliphatic rings. The summed E-state index contributed by atoms with van der Waals surface area (Å²) in [6.45, 7) is 4.82. The second kappa shape index (κ2) is 6.11. The Bertz CT molecular complexity index is 204. The number of carbonyl (C=O) groups is 1. The number of carbonyl (C=O) groups excluding carboxylic acids is 1. The number of ether oxygens (including phenoxy) is 1. The van der Waals surface area contributed by atoms with Crippen LogP contribution in [-0.4, -0.2) is 18.6 Å². The lowest BCUT2D eigenvalue weighted by Crippen LogP contribution is -2.32. The zero-order valence-corrected chi connectivity index (χ0v) is 9.87. The lowest BCUT2D eigenvalue weighted by atomic mass is 9.86. The van der Waals surface area contributed by atoms with E-state index in [4.69, 9.17) is 10.5 Å². The highest BCUT2D eigenvalue weighted by Gasteiger charge is 2.26. The van der Waals surface area contributed by atoms with Crippen molar-refractivity contribution in [2.24, 2.45) is 17.6 Å². The summed E-state index contributed by atoms with van der Waals surface area (Å²) in [5, 5.41) is 0. The molecule has 0 radical (unpaired) electrons. The normalized spacial score (nSPS) is 26.7. The van der Waals surface area contributed by atoms with Crippen LogP contribution in [0.1, 0.15) is 46.0 Å². The maximum Gasteiger partial charge on any atom is 0.308 e. The fraction of sp³-hybridized carbons (Fsp3) is 0.917. The van der Waals surface area contributed by atoms with Gasteiger partial charge in [-0.15, -0.1) is 0 Å². The van der Waals surface area contributed by atoms with Crippen molar-refractivity contribution < 1.29 is 9.53 Å². The summed E-state index contributed by atoms with van der Waals surface area (Å²) in [6.07, 6.45) is 4.82. The summed E-state index contributed by atoms with van der Waals surface area (Å²) in [5.41, 5.74) is 5.83. The number of hydrogen-bond acceptors (Lipinski definition) is 3. The SMILES string of the molecule is CC(C)CCOC(=O)C1CCCC(N)C1. The van der Waals surface area contributed by atoms with Crippen molar-refractivity contribution in [2.45, 2.75) is 52.0 Å². The molecule has 1 rings (SSSR count). The minimum atomic E-state index is -0.0363. The van der Waals surface area contributed by atoms with Crippen molar-refractivity contribution in [3.63, 3.8) is 0 Å². The predicted molar refractivity (Wildman–Crippen MR) is 60.3 cm³/mol. The smallest absolute Gasteiger partial charge is 0.308 e. The summed E-state index contributed by atoms with van der Waals surface area (Å²) in [5.74, 6) is 0.609. The first-order valence-corrected chi connectivity index (χ1v) is 6.01. The molecule has 2 N–H and O–H groups in total. The molecule has 2 unspecified atom stereocenters. The fourth-order valence-electron chi connectivity index (χ4n) is 1.95. The molecule has 0 aromatic heterocycles. The van der Waals surface area contributed by atoms with Crippen molar-refractivity contribution in [3.8, 4) is 0 Å². The maximum absolute atomic E-state index is 11.6. The lowest BCUT2D eigenvalue weighted by Gasteiger charge is -2.25. The van der Waals surface area contributed by atoms with E-state index in [-0.39, 0.29) is 17.9 Å². The molecule has 2 atom stereocenters. The summed E-state index contributed by atoms with van der Waals surface area (Å²) in [7, 11) is 0. The van der Waals surface area contributed by atoms with Crippen molar-refractivity contribution in [3.05, 3.63) is 0 Å². The molecule has 1 aliphatic carbocycles. The number of esters is 1. The van der Waals surface area contributed by atoms with E-state index in [1.807, 2.05) is 0 Å². The topological polar surface area (TPSA) is 52.3 Å². The van der Waals surface area contributed by atoms with E-state index in [1.165, 1.54) is 0 Å². The molecular formula is C12H23NO2. The highest BCUT2D eigenvalue weighted by molar-refractivity contribution is 5.72. The van der Waals surface area contributed by atoms with Gasteiger partial charge in [0.1, 0.15) is 0 Å². The zero-order valence-electron chi connectivity index (χ0n) is 9.87. The summed E-state index contributed by atoms with van der Waals surface area (Å²) < 4.78 is 5.25. The first-order valence-electron chi connectivity index (χ1n) is 6.01. The first-order chi connectivity index (χ1) is 7.09. The third kappa shape index (κ3) is 4.65. The average molecular weight is 213 g/mol. The van der Waals surface area contributed by atoms with Crippen LogP contribution in [0.25, 0.3) is 0 Å². The third-order valence-electron chi connectivity index (χ3n) is 2.99. The molecule has 0 aliphatic heterocycles. The quantitative estimate of drug-likeness (QED) is 0.727. The molecule has 3 heteroatoms. The Morgan fingerprint density at radius 2 is 2.20 bits per heavy atom. The van der Waals surface area contributed by atoms with Gasteiger partial charge < -0.3 is 10.5 Å². The van der Waals surface area contributed by atoms with Crippen LogP contribution in [0.3, 0.4) is 0 Å². The molecule has 0 saturated heterocycles. The van der Waals surface area contributed by atoms with Crippen molar-refractivity contribution >= 4 is 5.97 Å². The van der Waals surface area contributed by atoms with Crippen LogP contribution in [0.15, 0.2) is 0 Å². The van der Waals surface area contributed by atoms with E-state index < -0.39 is 0 Å². The van der Waals surface area contributed by atoms with Crippen molar-refractivity contribution in [1.29, 1.82) is 0 Å². The minimum Gasteiger partial charge on any atom is -0.465 e. The second-order valence-electron chi connectivity index (χ2n) is 4.97. The van der Waals surface area contributed by atoms with Gasteiger partial charge in [0.2, 0.25) is 0 Å². The number of nitrogens with two attached hydrogens (primary N) is 1. The molecule has 15 heavy (non-hydrogen) atoms. The Labute approximate surface area is 92.4 Å². The Balaban J connectivity index is 2.21. The third-order valence-corrected chi connectivity index (χ3v) is 2.99. The van der Waals surface area contributed by atoms with Gasteiger partial charge in [-0.05, 0) is 31.6 Å². The minimum absolute atomic E-state index is 0.0363. The van der Waals surface area contributed by atoms with Crippen LogP contribution in [-0.2, 0) is 9.53 Å². The zero-order chi connectivity index (χ0) is 11.3. The van der Waals surface area contributed by atoms with Crippen molar-refractivity contribution in [1.82, 2.24) is 0 Å². The van der Waals surface area contributed by atoms with E-state index >= 15 is 0 Å². The highest BCUT2D eigenvalue weighted by Crippen LogP contribution is 2.24. The van der Waals surface area contributed by atoms with Gasteiger partial charge in [0, 0.05) is 6.04 Å². The van der Waals surface area contributed by atoms with Crippen LogP contribution >= 0.6 is 0 Å². The molecule has 0 heterocycles. The molecule has 1 fully saturated rings. The van der Waals surface area contributed by atoms with Crippen LogP contribution in [0, 0.1) is 11.8 Å². The van der Waals surface area contributed by atoms with Gasteiger partial charge in [-0.2, -0.15) is 0 Å². The molecule has 3 nitrogen and oxygen atoms in total. The Morgan fingerprint density at radius 3 is 2.80 bits per heavy atom. The largest absolute Gasteiger partial charge is 0.465 e. The molecule has 1 saturated carbocycles. The van der Waals surface area contributed by atoms with E-state index in [9.17, 15) is 4.79 Å². The van der Waals surface area contributed by atoms with Gasteiger partial charge in [-0.1, -0.05) is 20.3 Å². The Hall–Kier alpha value is -0.570. The number of hydrogen-bond donors (Lipinski definition) is 1. The molecule has 0 aromatic carbocycles. The van der Waals surface area contributed by atoms with E-state index in [0.717, 1.165) is 32.1 Å². The highest BCUT2D eigenvalue weighted by atomic mass is 16.5. The molecule has 0 aromatic rings. The predicted octanol–water partition coefficient (Wildman–Crippen LogP) is 2.09. The van der Waals surface area contributed by atoms with Crippen LogP contribution in [0.2, 0.25) is 0 Å². The molecule has 0 bridgehead atoms. The second-order valence-corrected chi connectivity index (χ2v) is 4.97. The van der Waals surface area contributed by atoms with E-state index in [1.54, 1.807) is 0 Å². The Kier molecular flexibility index (Phi) is 5.09. The van der Waals surface area contributed by atoms with E-state index in [2.05, 4.69) is 13.8 Å². The molecule has 88 valence electrons. The van der Waals surface area contributed by atoms with Gasteiger partial charge >= 0.3 is 5.97 Å². The molecular weight excluding hydrogens is 190 g/mol. The maximum atomic E-state index is 11.6. The van der Waals surface area contributed by atoms with Gasteiger partial charge in [-0.25, -0.2) is 0 Å². The summed E-state index contributed by atoms with van der Waals surface area (Å²) in [4.78, 5) is 11.6. The fourth-order valence-corrected chi connectivity index (χ4v) is 1.95. The van der Waals surface area contributed by atoms with Crippen LogP contribution in [0.4, 0.5) is 0 Å². The van der Waals surface area contributed by atoms with Gasteiger partial charge in [-0.3, -0.25) is 4.79 Å². The van der Waals surface area contributed by atoms with Crippen LogP contribution < -0.4 is 5.73 Å². The van der Waals surface area contributed by atoms with Crippen molar-refractivity contribution in [2.75, 3.05) is 6.61 Å². The standard InChI is InChI=1S/C12H23NO2/c1-9(2)6-7-15-12(14)10-4-3-5-11(13)8-10/h9-11H,3-8,13H2,1-2H3. The molecule has 0 spiro atoms. The van der Waals surface area contributed by atoms with Gasteiger partial charge in [0.25, 0.3) is 0 Å². The lowest BCUT2D eigenvalue weighted by molar-refractivity contribution is -0.150. The first kappa shape index (κ1) is 12.5. The van der Waals surface area contributed by atoms with Gasteiger partial charge in [0.15, 0.2) is 0 Å². The summed E-state index contributed by atoms with van der Waals surface area (Å²) >= 11 is 0.